The van der Waals surface area contributed by atoms with Crippen LogP contribution in [0.4, 0.5) is 0 Å². The zero-order chi connectivity index (χ0) is 14.1. The Kier molecular flexibility index (Phi) is 4.61. The van der Waals surface area contributed by atoms with E-state index in [1.54, 1.807) is 13.8 Å². The van der Waals surface area contributed by atoms with Crippen LogP contribution in [0.2, 0.25) is 0 Å². The van der Waals surface area contributed by atoms with Gasteiger partial charge in [-0.25, -0.2) is 8.42 Å². The molecule has 2 rings (SSSR count). The van der Waals surface area contributed by atoms with Gasteiger partial charge < -0.3 is 5.32 Å². The van der Waals surface area contributed by atoms with Gasteiger partial charge in [-0.3, -0.25) is 0 Å². The Morgan fingerprint density at radius 2 is 1.89 bits per heavy atom. The highest BCUT2D eigenvalue weighted by molar-refractivity contribution is 7.91. The lowest BCUT2D eigenvalue weighted by Crippen LogP contribution is -2.36. The van der Waals surface area contributed by atoms with Crippen molar-refractivity contribution in [1.29, 1.82) is 0 Å². The molecule has 0 saturated heterocycles. The minimum absolute atomic E-state index is 0.232. The van der Waals surface area contributed by atoms with Crippen molar-refractivity contribution in [1.82, 2.24) is 5.32 Å². The zero-order valence-electron chi connectivity index (χ0n) is 12.6. The van der Waals surface area contributed by atoms with Gasteiger partial charge in [0.2, 0.25) is 0 Å². The Balaban J connectivity index is 1.91. The second-order valence-corrected chi connectivity index (χ2v) is 9.68. The Hall–Kier alpha value is -0.0900. The van der Waals surface area contributed by atoms with Crippen molar-refractivity contribution in [3.8, 4) is 0 Å². The third-order valence-corrected chi connectivity index (χ3v) is 7.23. The molecule has 3 nitrogen and oxygen atoms in total. The molecule has 0 heterocycles. The molecule has 112 valence electrons. The first-order chi connectivity index (χ1) is 8.88. The minimum Gasteiger partial charge on any atom is -0.316 e. The van der Waals surface area contributed by atoms with Crippen LogP contribution in [0.5, 0.6) is 0 Å². The van der Waals surface area contributed by atoms with Crippen LogP contribution in [0.25, 0.3) is 0 Å². The zero-order valence-corrected chi connectivity index (χ0v) is 13.4. The van der Waals surface area contributed by atoms with Gasteiger partial charge in [0.05, 0.1) is 11.0 Å². The van der Waals surface area contributed by atoms with E-state index < -0.39 is 9.84 Å². The van der Waals surface area contributed by atoms with Crippen molar-refractivity contribution in [2.75, 3.05) is 18.8 Å². The fraction of sp³-hybridized carbons (Fsp3) is 1.00. The summed E-state index contributed by atoms with van der Waals surface area (Å²) in [7, 11) is -2.88. The van der Waals surface area contributed by atoms with Gasteiger partial charge >= 0.3 is 0 Å². The molecule has 0 aromatic carbocycles. The topological polar surface area (TPSA) is 46.2 Å². The molecular weight excluding hydrogens is 258 g/mol. The highest BCUT2D eigenvalue weighted by Crippen LogP contribution is 2.60. The predicted molar refractivity (Wildman–Crippen MR) is 80.0 cm³/mol. The summed E-state index contributed by atoms with van der Waals surface area (Å²) in [6.07, 6.45) is 5.90. The molecule has 2 fully saturated rings. The smallest absolute Gasteiger partial charge is 0.152 e. The van der Waals surface area contributed by atoms with Crippen molar-refractivity contribution in [2.24, 2.45) is 17.3 Å². The first-order valence-electron chi connectivity index (χ1n) is 7.81. The highest BCUT2D eigenvalue weighted by Gasteiger charge is 2.53. The molecule has 0 spiro atoms. The second kappa shape index (κ2) is 5.72. The molecular formula is C15H29NO2S. The monoisotopic (exact) mass is 287 g/mol. The SMILES string of the molecule is CCCNCC1(CCS(=O)(=O)C(C)C)CC2CC2C1. The lowest BCUT2D eigenvalue weighted by atomic mass is 9.80. The molecule has 2 aliphatic rings. The molecule has 0 aliphatic heterocycles. The van der Waals surface area contributed by atoms with Crippen molar-refractivity contribution >= 4 is 9.84 Å². The van der Waals surface area contributed by atoms with E-state index >= 15 is 0 Å². The largest absolute Gasteiger partial charge is 0.316 e. The minimum atomic E-state index is -2.88. The van der Waals surface area contributed by atoms with Crippen molar-refractivity contribution < 1.29 is 8.42 Å². The number of hydrogen-bond acceptors (Lipinski definition) is 3. The lowest BCUT2D eigenvalue weighted by molar-refractivity contribution is 0.242. The van der Waals surface area contributed by atoms with Crippen LogP contribution in [0.3, 0.4) is 0 Å². The molecule has 4 heteroatoms. The molecule has 0 amide bonds. The quantitative estimate of drug-likeness (QED) is 0.698. The molecule has 19 heavy (non-hydrogen) atoms. The summed E-state index contributed by atoms with van der Waals surface area (Å²) < 4.78 is 24.1. The standard InChI is InChI=1S/C15H29NO2S/c1-4-6-16-11-15(9-13-8-14(13)10-15)5-7-19(17,18)12(2)3/h12-14,16H,4-11H2,1-3H3. The third-order valence-electron chi connectivity index (χ3n) is 5.02. The number of rotatable bonds is 8. The Labute approximate surface area is 118 Å². The van der Waals surface area contributed by atoms with Crippen LogP contribution in [-0.2, 0) is 9.84 Å². The number of fused-ring (bicyclic) bond motifs is 1. The van der Waals surface area contributed by atoms with Gasteiger partial charge in [-0.15, -0.1) is 0 Å². The summed E-state index contributed by atoms with van der Waals surface area (Å²) in [5, 5.41) is 3.30. The van der Waals surface area contributed by atoms with Crippen LogP contribution in [0.1, 0.15) is 52.9 Å². The summed E-state index contributed by atoms with van der Waals surface area (Å²) in [5.74, 6) is 2.19. The van der Waals surface area contributed by atoms with Gasteiger partial charge in [-0.05, 0) is 69.7 Å². The fourth-order valence-corrected chi connectivity index (χ4v) is 4.76. The van der Waals surface area contributed by atoms with E-state index in [1.165, 1.54) is 19.3 Å². The molecule has 0 radical (unpaired) electrons. The van der Waals surface area contributed by atoms with Crippen molar-refractivity contribution in [3.05, 3.63) is 0 Å². The first kappa shape index (κ1) is 15.3. The summed E-state index contributed by atoms with van der Waals surface area (Å²) >= 11 is 0. The van der Waals surface area contributed by atoms with E-state index in [0.29, 0.717) is 5.75 Å². The Bertz CT molecular complexity index is 392. The van der Waals surface area contributed by atoms with Crippen LogP contribution in [-0.4, -0.2) is 32.5 Å². The van der Waals surface area contributed by atoms with Crippen LogP contribution < -0.4 is 5.32 Å². The van der Waals surface area contributed by atoms with Crippen LogP contribution in [0, 0.1) is 17.3 Å². The maximum absolute atomic E-state index is 12.0. The maximum atomic E-state index is 12.0. The molecule has 0 aromatic rings. The highest BCUT2D eigenvalue weighted by atomic mass is 32.2. The Morgan fingerprint density at radius 1 is 1.26 bits per heavy atom. The van der Waals surface area contributed by atoms with Gasteiger partial charge in [0.15, 0.2) is 9.84 Å². The molecule has 2 unspecified atom stereocenters. The summed E-state index contributed by atoms with van der Waals surface area (Å²) in [6.45, 7) is 7.83. The lowest BCUT2D eigenvalue weighted by Gasteiger charge is -2.31. The number of nitrogens with one attached hydrogen (secondary N) is 1. The van der Waals surface area contributed by atoms with E-state index in [0.717, 1.165) is 37.8 Å². The predicted octanol–water partition coefficient (Wildman–Crippen LogP) is 2.62. The normalized spacial score (nSPS) is 33.7. The fourth-order valence-electron chi connectivity index (χ4n) is 3.57. The first-order valence-corrected chi connectivity index (χ1v) is 9.52. The maximum Gasteiger partial charge on any atom is 0.152 e. The summed E-state index contributed by atoms with van der Waals surface area (Å²) in [6, 6.07) is 0. The van der Waals surface area contributed by atoms with E-state index in [1.807, 2.05) is 0 Å². The van der Waals surface area contributed by atoms with E-state index in [2.05, 4.69) is 12.2 Å². The van der Waals surface area contributed by atoms with Crippen LogP contribution >= 0.6 is 0 Å². The van der Waals surface area contributed by atoms with Gasteiger partial charge in [0.1, 0.15) is 0 Å². The summed E-state index contributed by atoms with van der Waals surface area (Å²) in [4.78, 5) is 0. The number of hydrogen-bond donors (Lipinski definition) is 1. The molecule has 2 atom stereocenters. The summed E-state index contributed by atoms with van der Waals surface area (Å²) in [5.41, 5.74) is 0.269. The van der Waals surface area contributed by atoms with E-state index in [-0.39, 0.29) is 10.7 Å². The number of sulfone groups is 1. The average molecular weight is 287 g/mol. The van der Waals surface area contributed by atoms with E-state index in [4.69, 9.17) is 0 Å². The Morgan fingerprint density at radius 3 is 2.42 bits per heavy atom. The van der Waals surface area contributed by atoms with Gasteiger partial charge in [0, 0.05) is 6.54 Å². The molecule has 2 saturated carbocycles. The van der Waals surface area contributed by atoms with Crippen molar-refractivity contribution in [2.45, 2.75) is 58.1 Å². The van der Waals surface area contributed by atoms with Crippen LogP contribution in [0.15, 0.2) is 0 Å². The average Bonchev–Trinajstić information content (AvgIpc) is 2.96. The molecule has 1 N–H and O–H groups in total. The van der Waals surface area contributed by atoms with Gasteiger partial charge in [0.25, 0.3) is 0 Å². The molecule has 2 aliphatic carbocycles. The molecule has 0 aromatic heterocycles. The third kappa shape index (κ3) is 3.72. The van der Waals surface area contributed by atoms with E-state index in [9.17, 15) is 8.42 Å². The van der Waals surface area contributed by atoms with Gasteiger partial charge in [-0.1, -0.05) is 6.92 Å². The van der Waals surface area contributed by atoms with Gasteiger partial charge in [-0.2, -0.15) is 0 Å². The van der Waals surface area contributed by atoms with Crippen molar-refractivity contribution in [3.63, 3.8) is 0 Å². The second-order valence-electron chi connectivity index (χ2n) is 7.01. The molecule has 0 bridgehead atoms.